The molecule has 0 saturated carbocycles. The van der Waals surface area contributed by atoms with Crippen molar-refractivity contribution < 1.29 is 0 Å². The standard InChI is InChI=1S/C11H11N.C2H6/c1-12-11-7-6-9-4-2-3-5-10(9)8-11;1-2/h2-8,12H,1H3;1-2H3. The lowest BCUT2D eigenvalue weighted by atomic mass is 10.1. The molecule has 1 heteroatoms. The van der Waals surface area contributed by atoms with E-state index in [-0.39, 0.29) is 0 Å². The largest absolute Gasteiger partial charge is 0.388 e. The molecular formula is C13H17N. The molecule has 1 nitrogen and oxygen atoms in total. The number of hydrogen-bond donors (Lipinski definition) is 1. The average molecular weight is 187 g/mol. The summed E-state index contributed by atoms with van der Waals surface area (Å²) in [7, 11) is 1.93. The van der Waals surface area contributed by atoms with Crippen molar-refractivity contribution in [3.63, 3.8) is 0 Å². The Hall–Kier alpha value is -1.50. The van der Waals surface area contributed by atoms with Crippen LogP contribution in [0.1, 0.15) is 13.8 Å². The molecule has 0 bridgehead atoms. The first-order valence-corrected chi connectivity index (χ1v) is 5.07. The Kier molecular flexibility index (Phi) is 3.99. The van der Waals surface area contributed by atoms with Crippen LogP contribution in [0.25, 0.3) is 10.8 Å². The van der Waals surface area contributed by atoms with Crippen LogP contribution in [-0.4, -0.2) is 7.05 Å². The van der Waals surface area contributed by atoms with Crippen LogP contribution in [0.2, 0.25) is 0 Å². The summed E-state index contributed by atoms with van der Waals surface area (Å²) in [4.78, 5) is 0. The lowest BCUT2D eigenvalue weighted by Crippen LogP contribution is -1.86. The lowest BCUT2D eigenvalue weighted by Gasteiger charge is -2.01. The Morgan fingerprint density at radius 3 is 2.14 bits per heavy atom. The molecule has 2 aromatic rings. The number of anilines is 1. The highest BCUT2D eigenvalue weighted by molar-refractivity contribution is 5.85. The Balaban J connectivity index is 0.000000461. The van der Waals surface area contributed by atoms with Crippen LogP contribution in [0.4, 0.5) is 5.69 Å². The van der Waals surface area contributed by atoms with E-state index in [0.717, 1.165) is 5.69 Å². The molecule has 2 rings (SSSR count). The minimum atomic E-state index is 1.16. The third kappa shape index (κ3) is 2.25. The highest BCUT2D eigenvalue weighted by Gasteiger charge is 1.91. The molecule has 0 spiro atoms. The maximum atomic E-state index is 3.12. The summed E-state index contributed by atoms with van der Waals surface area (Å²) in [5.41, 5.74) is 1.16. The monoisotopic (exact) mass is 187 g/mol. The van der Waals surface area contributed by atoms with Gasteiger partial charge in [0.15, 0.2) is 0 Å². The van der Waals surface area contributed by atoms with Gasteiger partial charge in [-0.25, -0.2) is 0 Å². The Labute approximate surface area is 85.8 Å². The van der Waals surface area contributed by atoms with Gasteiger partial charge in [0.1, 0.15) is 0 Å². The second-order valence-electron chi connectivity index (χ2n) is 2.81. The van der Waals surface area contributed by atoms with Crippen LogP contribution >= 0.6 is 0 Å². The molecule has 0 unspecified atom stereocenters. The van der Waals surface area contributed by atoms with Crippen molar-refractivity contribution in [2.45, 2.75) is 13.8 Å². The first-order valence-electron chi connectivity index (χ1n) is 5.07. The summed E-state index contributed by atoms with van der Waals surface area (Å²) < 4.78 is 0. The van der Waals surface area contributed by atoms with E-state index in [4.69, 9.17) is 0 Å². The SMILES string of the molecule is CC.CNc1ccc2ccccc2c1. The quantitative estimate of drug-likeness (QED) is 0.713. The third-order valence-electron chi connectivity index (χ3n) is 2.04. The van der Waals surface area contributed by atoms with E-state index < -0.39 is 0 Å². The predicted octanol–water partition coefficient (Wildman–Crippen LogP) is 3.91. The van der Waals surface area contributed by atoms with E-state index in [1.54, 1.807) is 0 Å². The topological polar surface area (TPSA) is 12.0 Å². The smallest absolute Gasteiger partial charge is 0.0343 e. The van der Waals surface area contributed by atoms with Crippen LogP contribution in [0, 0.1) is 0 Å². The number of fused-ring (bicyclic) bond motifs is 1. The maximum absolute atomic E-state index is 3.12. The van der Waals surface area contributed by atoms with Gasteiger partial charge in [-0.1, -0.05) is 44.2 Å². The zero-order valence-electron chi connectivity index (χ0n) is 9.04. The molecular weight excluding hydrogens is 170 g/mol. The van der Waals surface area contributed by atoms with Gasteiger partial charge in [0.25, 0.3) is 0 Å². The van der Waals surface area contributed by atoms with E-state index in [9.17, 15) is 0 Å². The maximum Gasteiger partial charge on any atom is 0.0343 e. The second kappa shape index (κ2) is 5.28. The molecule has 0 amide bonds. The Bertz CT molecular complexity index is 393. The Morgan fingerprint density at radius 2 is 1.50 bits per heavy atom. The molecule has 0 aromatic heterocycles. The molecule has 1 N–H and O–H groups in total. The van der Waals surface area contributed by atoms with Crippen molar-refractivity contribution in [2.24, 2.45) is 0 Å². The lowest BCUT2D eigenvalue weighted by molar-refractivity contribution is 1.50. The van der Waals surface area contributed by atoms with Gasteiger partial charge < -0.3 is 5.32 Å². The summed E-state index contributed by atoms with van der Waals surface area (Å²) in [5, 5.41) is 5.69. The first kappa shape index (κ1) is 10.6. The van der Waals surface area contributed by atoms with Gasteiger partial charge in [0.2, 0.25) is 0 Å². The number of benzene rings is 2. The fourth-order valence-corrected chi connectivity index (χ4v) is 1.34. The molecule has 0 aliphatic rings. The van der Waals surface area contributed by atoms with Gasteiger partial charge in [-0.3, -0.25) is 0 Å². The van der Waals surface area contributed by atoms with Crippen molar-refractivity contribution in [3.8, 4) is 0 Å². The first-order chi connectivity index (χ1) is 6.90. The minimum Gasteiger partial charge on any atom is -0.388 e. The van der Waals surface area contributed by atoms with Gasteiger partial charge in [0.05, 0.1) is 0 Å². The van der Waals surface area contributed by atoms with Gasteiger partial charge >= 0.3 is 0 Å². The van der Waals surface area contributed by atoms with Crippen molar-refractivity contribution in [2.75, 3.05) is 12.4 Å². The van der Waals surface area contributed by atoms with Crippen molar-refractivity contribution in [3.05, 3.63) is 42.5 Å². The number of nitrogens with one attached hydrogen (secondary N) is 1. The van der Waals surface area contributed by atoms with Gasteiger partial charge in [-0.05, 0) is 22.9 Å². The van der Waals surface area contributed by atoms with Crippen molar-refractivity contribution >= 4 is 16.5 Å². The highest BCUT2D eigenvalue weighted by Crippen LogP contribution is 2.17. The minimum absolute atomic E-state index is 1.16. The third-order valence-corrected chi connectivity index (χ3v) is 2.04. The van der Waals surface area contributed by atoms with Crippen LogP contribution in [0.3, 0.4) is 0 Å². The van der Waals surface area contributed by atoms with Crippen LogP contribution in [-0.2, 0) is 0 Å². The normalized spacial score (nSPS) is 9.07. The molecule has 0 atom stereocenters. The summed E-state index contributed by atoms with van der Waals surface area (Å²) in [6.07, 6.45) is 0. The van der Waals surface area contributed by atoms with Gasteiger partial charge in [-0.15, -0.1) is 0 Å². The van der Waals surface area contributed by atoms with E-state index in [1.807, 2.05) is 20.9 Å². The Morgan fingerprint density at radius 1 is 0.857 bits per heavy atom. The zero-order chi connectivity index (χ0) is 10.4. The molecule has 0 aliphatic heterocycles. The second-order valence-corrected chi connectivity index (χ2v) is 2.81. The van der Waals surface area contributed by atoms with E-state index in [1.165, 1.54) is 10.8 Å². The molecule has 0 aliphatic carbocycles. The van der Waals surface area contributed by atoms with Crippen LogP contribution < -0.4 is 5.32 Å². The summed E-state index contributed by atoms with van der Waals surface area (Å²) in [6.45, 7) is 4.00. The van der Waals surface area contributed by atoms with Crippen molar-refractivity contribution in [1.82, 2.24) is 0 Å². The molecule has 0 radical (unpaired) electrons. The van der Waals surface area contributed by atoms with E-state index in [2.05, 4.69) is 47.8 Å². The van der Waals surface area contributed by atoms with E-state index in [0.29, 0.717) is 0 Å². The molecule has 74 valence electrons. The van der Waals surface area contributed by atoms with E-state index >= 15 is 0 Å². The number of rotatable bonds is 1. The molecule has 0 fully saturated rings. The van der Waals surface area contributed by atoms with Gasteiger partial charge in [-0.2, -0.15) is 0 Å². The average Bonchev–Trinajstić information content (AvgIpc) is 2.31. The molecule has 14 heavy (non-hydrogen) atoms. The van der Waals surface area contributed by atoms with Crippen molar-refractivity contribution in [1.29, 1.82) is 0 Å². The summed E-state index contributed by atoms with van der Waals surface area (Å²) in [5.74, 6) is 0. The van der Waals surface area contributed by atoms with Gasteiger partial charge in [0, 0.05) is 12.7 Å². The fraction of sp³-hybridized carbons (Fsp3) is 0.231. The van der Waals surface area contributed by atoms with Crippen LogP contribution in [0.5, 0.6) is 0 Å². The fourth-order valence-electron chi connectivity index (χ4n) is 1.34. The molecule has 2 aromatic carbocycles. The van der Waals surface area contributed by atoms with Crippen LogP contribution in [0.15, 0.2) is 42.5 Å². The molecule has 0 saturated heterocycles. The number of hydrogen-bond acceptors (Lipinski definition) is 1. The highest BCUT2D eigenvalue weighted by atomic mass is 14.8. The molecule has 0 heterocycles. The predicted molar refractivity (Wildman–Crippen MR) is 64.8 cm³/mol. The summed E-state index contributed by atoms with van der Waals surface area (Å²) in [6, 6.07) is 14.7. The zero-order valence-corrected chi connectivity index (χ0v) is 9.04. The summed E-state index contributed by atoms with van der Waals surface area (Å²) >= 11 is 0.